The Morgan fingerprint density at radius 3 is 2.66 bits per heavy atom. The monoisotopic (exact) mass is 396 g/mol. The third-order valence-corrected chi connectivity index (χ3v) is 4.17. The van der Waals surface area contributed by atoms with Gasteiger partial charge in [0.05, 0.1) is 26.4 Å². The Kier molecular flexibility index (Phi) is 8.84. The normalized spacial score (nSPS) is 10.3. The van der Waals surface area contributed by atoms with E-state index in [1.165, 1.54) is 0 Å². The van der Waals surface area contributed by atoms with Crippen LogP contribution in [0.1, 0.15) is 43.5 Å². The number of hydrogen-bond donors (Lipinski definition) is 1. The molecule has 154 valence electrons. The molecule has 1 N–H and O–H groups in total. The number of unbranched alkanes of at least 4 members (excludes halogenated alkanes) is 1. The van der Waals surface area contributed by atoms with Crippen LogP contribution in [0.15, 0.2) is 42.5 Å². The smallest absolute Gasteiger partial charge is 0.255 e. The Hall–Kier alpha value is -3.20. The van der Waals surface area contributed by atoms with Gasteiger partial charge in [0.25, 0.3) is 5.91 Å². The number of amides is 1. The van der Waals surface area contributed by atoms with Crippen molar-refractivity contribution >= 4 is 11.6 Å². The number of anilines is 1. The number of carbonyl (C=O) groups is 1. The first kappa shape index (κ1) is 22.1. The summed E-state index contributed by atoms with van der Waals surface area (Å²) in [5, 5.41) is 11.4. The van der Waals surface area contributed by atoms with E-state index in [9.17, 15) is 4.79 Å². The van der Waals surface area contributed by atoms with Crippen LogP contribution in [0, 0.1) is 17.2 Å². The molecular weight excluding hydrogens is 368 g/mol. The molecule has 0 bridgehead atoms. The Morgan fingerprint density at radius 2 is 1.93 bits per heavy atom. The topological polar surface area (TPSA) is 80.6 Å². The van der Waals surface area contributed by atoms with Gasteiger partial charge in [-0.1, -0.05) is 19.9 Å². The molecule has 0 heterocycles. The van der Waals surface area contributed by atoms with E-state index in [-0.39, 0.29) is 5.91 Å². The highest BCUT2D eigenvalue weighted by atomic mass is 16.5. The summed E-state index contributed by atoms with van der Waals surface area (Å²) in [6.07, 6.45) is 2.06. The molecule has 0 fully saturated rings. The number of hydrogen-bond acceptors (Lipinski definition) is 5. The van der Waals surface area contributed by atoms with Crippen LogP contribution < -0.4 is 19.5 Å². The van der Waals surface area contributed by atoms with E-state index in [1.54, 1.807) is 37.4 Å². The summed E-state index contributed by atoms with van der Waals surface area (Å²) in [7, 11) is 1.56. The van der Waals surface area contributed by atoms with Crippen molar-refractivity contribution in [3.05, 3.63) is 48.0 Å². The van der Waals surface area contributed by atoms with E-state index >= 15 is 0 Å². The van der Waals surface area contributed by atoms with Gasteiger partial charge in [0.1, 0.15) is 5.75 Å². The van der Waals surface area contributed by atoms with Crippen molar-refractivity contribution in [1.29, 1.82) is 5.26 Å². The molecule has 0 atom stereocenters. The first-order chi connectivity index (χ1) is 14.0. The second-order valence-electron chi connectivity index (χ2n) is 6.99. The highest BCUT2D eigenvalue weighted by Gasteiger charge is 2.12. The van der Waals surface area contributed by atoms with Gasteiger partial charge in [0.2, 0.25) is 0 Å². The van der Waals surface area contributed by atoms with Crippen LogP contribution in [0.5, 0.6) is 17.2 Å². The number of rotatable bonds is 11. The summed E-state index contributed by atoms with van der Waals surface area (Å²) >= 11 is 0. The Labute approximate surface area is 172 Å². The molecule has 1 amide bonds. The number of nitrogens with zero attached hydrogens (tertiary/aromatic N) is 1. The molecule has 0 radical (unpaired) electrons. The lowest BCUT2D eigenvalue weighted by Crippen LogP contribution is -2.12. The first-order valence-corrected chi connectivity index (χ1v) is 9.75. The molecule has 0 aliphatic carbocycles. The summed E-state index contributed by atoms with van der Waals surface area (Å²) in [5.41, 5.74) is 1.10. The zero-order chi connectivity index (χ0) is 21.1. The highest BCUT2D eigenvalue weighted by Crippen LogP contribution is 2.29. The molecule has 6 heteroatoms. The number of ether oxygens (including phenoxy) is 3. The lowest BCUT2D eigenvalue weighted by Gasteiger charge is -2.13. The largest absolute Gasteiger partial charge is 0.493 e. The van der Waals surface area contributed by atoms with Crippen molar-refractivity contribution in [2.75, 3.05) is 25.6 Å². The zero-order valence-electron chi connectivity index (χ0n) is 17.2. The van der Waals surface area contributed by atoms with Crippen LogP contribution in [0.2, 0.25) is 0 Å². The van der Waals surface area contributed by atoms with E-state index in [2.05, 4.69) is 25.2 Å². The fourth-order valence-corrected chi connectivity index (χ4v) is 2.54. The Morgan fingerprint density at radius 1 is 1.10 bits per heavy atom. The summed E-state index contributed by atoms with van der Waals surface area (Å²) in [4.78, 5) is 12.6. The maximum Gasteiger partial charge on any atom is 0.255 e. The van der Waals surface area contributed by atoms with Gasteiger partial charge in [-0.25, -0.2) is 0 Å². The fraction of sp³-hybridized carbons (Fsp3) is 0.391. The third-order valence-electron chi connectivity index (χ3n) is 4.17. The van der Waals surface area contributed by atoms with E-state index in [0.29, 0.717) is 60.5 Å². The molecule has 0 aromatic heterocycles. The van der Waals surface area contributed by atoms with Crippen LogP contribution in [-0.2, 0) is 0 Å². The summed E-state index contributed by atoms with van der Waals surface area (Å²) in [5.74, 6) is 2.09. The first-order valence-electron chi connectivity index (χ1n) is 9.75. The average molecular weight is 396 g/mol. The lowest BCUT2D eigenvalue weighted by atomic mass is 10.1. The van der Waals surface area contributed by atoms with Crippen LogP contribution in [0.4, 0.5) is 5.69 Å². The molecular formula is C23H28N2O4. The van der Waals surface area contributed by atoms with E-state index in [0.717, 1.165) is 6.42 Å². The van der Waals surface area contributed by atoms with Gasteiger partial charge in [-0.05, 0) is 49.1 Å². The van der Waals surface area contributed by atoms with E-state index in [1.807, 2.05) is 12.1 Å². The molecule has 0 aliphatic rings. The van der Waals surface area contributed by atoms with Crippen molar-refractivity contribution in [2.45, 2.75) is 33.1 Å². The van der Waals surface area contributed by atoms with Gasteiger partial charge in [0.15, 0.2) is 11.5 Å². The lowest BCUT2D eigenvalue weighted by molar-refractivity contribution is 0.102. The summed E-state index contributed by atoms with van der Waals surface area (Å²) in [6, 6.07) is 14.4. The summed E-state index contributed by atoms with van der Waals surface area (Å²) < 4.78 is 16.8. The average Bonchev–Trinajstić information content (AvgIpc) is 2.71. The van der Waals surface area contributed by atoms with Gasteiger partial charge in [-0.15, -0.1) is 0 Å². The summed E-state index contributed by atoms with van der Waals surface area (Å²) in [6.45, 7) is 5.34. The second kappa shape index (κ2) is 11.6. The highest BCUT2D eigenvalue weighted by molar-refractivity contribution is 6.04. The van der Waals surface area contributed by atoms with Gasteiger partial charge in [0, 0.05) is 23.7 Å². The minimum Gasteiger partial charge on any atom is -0.493 e. The quantitative estimate of drug-likeness (QED) is 0.537. The minimum atomic E-state index is -0.251. The van der Waals surface area contributed by atoms with Crippen molar-refractivity contribution in [2.24, 2.45) is 5.92 Å². The molecule has 2 rings (SSSR count). The molecule has 2 aromatic rings. The van der Waals surface area contributed by atoms with Crippen molar-refractivity contribution in [3.8, 4) is 23.3 Å². The Balaban J connectivity index is 2.00. The zero-order valence-corrected chi connectivity index (χ0v) is 17.2. The van der Waals surface area contributed by atoms with Gasteiger partial charge >= 0.3 is 0 Å². The third kappa shape index (κ3) is 7.38. The van der Waals surface area contributed by atoms with Gasteiger partial charge < -0.3 is 19.5 Å². The molecule has 29 heavy (non-hydrogen) atoms. The second-order valence-corrected chi connectivity index (χ2v) is 6.99. The van der Waals surface area contributed by atoms with Crippen LogP contribution >= 0.6 is 0 Å². The molecule has 0 spiro atoms. The maximum atomic E-state index is 12.6. The van der Waals surface area contributed by atoms with E-state index < -0.39 is 0 Å². The molecule has 6 nitrogen and oxygen atoms in total. The van der Waals surface area contributed by atoms with Crippen LogP contribution in [0.3, 0.4) is 0 Å². The number of benzene rings is 2. The van der Waals surface area contributed by atoms with Crippen LogP contribution in [0.25, 0.3) is 0 Å². The molecule has 0 saturated carbocycles. The van der Waals surface area contributed by atoms with Crippen LogP contribution in [-0.4, -0.2) is 26.2 Å². The molecule has 2 aromatic carbocycles. The van der Waals surface area contributed by atoms with Crippen molar-refractivity contribution < 1.29 is 19.0 Å². The molecule has 0 aliphatic heterocycles. The van der Waals surface area contributed by atoms with E-state index in [4.69, 9.17) is 19.5 Å². The predicted molar refractivity (Wildman–Crippen MR) is 113 cm³/mol. The fourth-order valence-electron chi connectivity index (χ4n) is 2.54. The number of nitrogens with one attached hydrogen (secondary N) is 1. The maximum absolute atomic E-state index is 12.6. The van der Waals surface area contributed by atoms with Crippen molar-refractivity contribution in [1.82, 2.24) is 0 Å². The minimum absolute atomic E-state index is 0.251. The van der Waals surface area contributed by atoms with Crippen molar-refractivity contribution in [3.63, 3.8) is 0 Å². The molecule has 0 saturated heterocycles. The number of methoxy groups -OCH3 is 1. The standard InChI is InChI=1S/C23H28N2O4/c1-17(2)11-14-29-21-10-9-18(15-22(21)27-3)23(26)25-19-7-6-8-20(16-19)28-13-5-4-12-24/h6-10,15-17H,4-5,11,13-14H2,1-3H3,(H,25,26). The SMILES string of the molecule is COc1cc(C(=O)Nc2cccc(OCCCC#N)c2)ccc1OCCC(C)C. The van der Waals surface area contributed by atoms with Gasteiger partial charge in [-0.2, -0.15) is 5.26 Å². The number of carbonyl (C=O) groups excluding carboxylic acids is 1. The predicted octanol–water partition coefficient (Wildman–Crippen LogP) is 5.05. The van der Waals surface area contributed by atoms with Gasteiger partial charge in [-0.3, -0.25) is 4.79 Å². The molecule has 0 unspecified atom stereocenters. The Bertz CT molecular complexity index is 843. The number of nitriles is 1.